The van der Waals surface area contributed by atoms with Gasteiger partial charge >= 0.3 is 35.5 Å². The molecule has 0 amide bonds. The Balaban J connectivity index is 0. The van der Waals surface area contributed by atoms with Crippen molar-refractivity contribution in [2.24, 2.45) is 0 Å². The van der Waals surface area contributed by atoms with Gasteiger partial charge in [-0.05, 0) is 18.8 Å². The number of allylic oxidation sites excluding steroid dienone is 2. The van der Waals surface area contributed by atoms with E-state index in [2.05, 4.69) is 4.98 Å². The number of nitro groups is 1. The summed E-state index contributed by atoms with van der Waals surface area (Å²) in [4.78, 5) is 22.0. The first-order chi connectivity index (χ1) is 7.84. The summed E-state index contributed by atoms with van der Waals surface area (Å²) in [5.41, 5.74) is 1.13. The molecule has 0 saturated heterocycles. The van der Waals surface area contributed by atoms with E-state index in [1.54, 1.807) is 6.20 Å². The summed E-state index contributed by atoms with van der Waals surface area (Å²) >= 11 is 0. The molecular weight excluding hydrogens is 253 g/mol. The first-order valence-electron chi connectivity index (χ1n) is 4.53. The molecule has 94 valence electrons. The Morgan fingerprint density at radius 3 is 2.50 bits per heavy atom. The summed E-state index contributed by atoms with van der Waals surface area (Å²) in [5.74, 6) is -0.113. The van der Waals surface area contributed by atoms with Gasteiger partial charge in [-0.3, -0.25) is 0 Å². The molecular formula is C9H12N3NaO5. The average molecular weight is 265 g/mol. The Morgan fingerprint density at radius 1 is 1.61 bits per heavy atom. The van der Waals surface area contributed by atoms with Crippen LogP contribution in [0.4, 0.5) is 10.7 Å². The van der Waals surface area contributed by atoms with Crippen molar-refractivity contribution in [3.05, 3.63) is 34.2 Å². The van der Waals surface area contributed by atoms with Crippen LogP contribution in [0.15, 0.2) is 24.0 Å². The molecule has 0 fully saturated rings. The van der Waals surface area contributed by atoms with Crippen molar-refractivity contribution < 1.29 is 49.5 Å². The Hall–Kier alpha value is -1.38. The molecule has 1 N–H and O–H groups in total. The van der Waals surface area contributed by atoms with E-state index in [4.69, 9.17) is 15.0 Å². The molecule has 0 saturated carbocycles. The third-order valence-electron chi connectivity index (χ3n) is 1.55. The second-order valence-electron chi connectivity index (χ2n) is 3.18. The van der Waals surface area contributed by atoms with Gasteiger partial charge in [-0.25, -0.2) is 4.57 Å². The normalized spacial score (nSPS) is 8.33. The number of aromatic nitrogens is 2. The van der Waals surface area contributed by atoms with Gasteiger partial charge < -0.3 is 25.1 Å². The number of rotatable bonds is 3. The van der Waals surface area contributed by atoms with E-state index >= 15 is 0 Å². The van der Waals surface area contributed by atoms with Gasteiger partial charge in [-0.1, -0.05) is 16.6 Å². The van der Waals surface area contributed by atoms with E-state index in [1.807, 2.05) is 19.9 Å². The molecule has 18 heavy (non-hydrogen) atoms. The number of carbonyl (C=O) groups is 1. The van der Waals surface area contributed by atoms with Crippen LogP contribution in [-0.4, -0.2) is 25.7 Å². The Kier molecular flexibility index (Phi) is 10.1. The number of hydrogen-bond donors (Lipinski definition) is 1. The largest absolute Gasteiger partial charge is 1.00 e. The molecule has 0 unspecified atom stereocenters. The minimum atomic E-state index is -2.08. The summed E-state index contributed by atoms with van der Waals surface area (Å²) in [6, 6.07) is 0. The number of imidazole rings is 1. The van der Waals surface area contributed by atoms with Crippen LogP contribution in [0, 0.1) is 10.1 Å². The molecule has 0 aliphatic rings. The van der Waals surface area contributed by atoms with Crippen LogP contribution in [0.25, 0.3) is 0 Å². The molecule has 0 radical (unpaired) electrons. The number of hydrogen-bond acceptors (Lipinski definition) is 5. The van der Waals surface area contributed by atoms with Gasteiger partial charge in [0.1, 0.15) is 12.4 Å². The minimum absolute atomic E-state index is 0. The van der Waals surface area contributed by atoms with Crippen LogP contribution in [0.2, 0.25) is 0 Å². The van der Waals surface area contributed by atoms with E-state index < -0.39 is 11.1 Å². The molecule has 0 aliphatic heterocycles. The molecule has 1 aromatic heterocycles. The zero-order valence-electron chi connectivity index (χ0n) is 10.4. The fourth-order valence-electron chi connectivity index (χ4n) is 0.897. The predicted molar refractivity (Wildman–Crippen MR) is 56.3 cm³/mol. The molecule has 1 heterocycles. The Bertz CT molecular complexity index is 422. The van der Waals surface area contributed by atoms with E-state index in [9.17, 15) is 10.1 Å². The van der Waals surface area contributed by atoms with Gasteiger partial charge in [0.15, 0.2) is 0 Å². The van der Waals surface area contributed by atoms with Gasteiger partial charge in [-0.2, -0.15) is 0 Å². The fraction of sp³-hybridized carbons (Fsp3) is 0.333. The summed E-state index contributed by atoms with van der Waals surface area (Å²) < 4.78 is 1.49. The SMILES string of the molecule is CC(C)=CCn1ccnc1[N+](=O)[O-].O=C([O-])O.[Na+]. The van der Waals surface area contributed by atoms with Crippen molar-refractivity contribution in [1.29, 1.82) is 0 Å². The second-order valence-corrected chi connectivity index (χ2v) is 3.18. The minimum Gasteiger partial charge on any atom is -0.565 e. The van der Waals surface area contributed by atoms with Crippen molar-refractivity contribution >= 4 is 12.1 Å². The monoisotopic (exact) mass is 265 g/mol. The third-order valence-corrected chi connectivity index (χ3v) is 1.55. The maximum atomic E-state index is 10.4. The van der Waals surface area contributed by atoms with E-state index in [-0.39, 0.29) is 35.5 Å². The van der Waals surface area contributed by atoms with Crippen LogP contribution in [0.5, 0.6) is 0 Å². The molecule has 0 aromatic carbocycles. The zero-order valence-corrected chi connectivity index (χ0v) is 12.4. The van der Waals surface area contributed by atoms with E-state index in [0.717, 1.165) is 5.57 Å². The molecule has 0 aliphatic carbocycles. The smallest absolute Gasteiger partial charge is 0.565 e. The summed E-state index contributed by atoms with van der Waals surface area (Å²) in [7, 11) is 0. The van der Waals surface area contributed by atoms with Crippen LogP contribution < -0.4 is 34.7 Å². The molecule has 9 heteroatoms. The summed E-state index contributed by atoms with van der Waals surface area (Å²) in [6.07, 6.45) is 2.85. The van der Waals surface area contributed by atoms with Crippen molar-refractivity contribution in [2.45, 2.75) is 20.4 Å². The van der Waals surface area contributed by atoms with E-state index in [0.29, 0.717) is 6.54 Å². The van der Waals surface area contributed by atoms with Gasteiger partial charge in [0, 0.05) is 0 Å². The quantitative estimate of drug-likeness (QED) is 0.282. The molecule has 1 rings (SSSR count). The van der Waals surface area contributed by atoms with Gasteiger partial charge in [0.2, 0.25) is 6.16 Å². The Morgan fingerprint density at radius 2 is 2.11 bits per heavy atom. The van der Waals surface area contributed by atoms with E-state index in [1.165, 1.54) is 10.8 Å². The first kappa shape index (κ1) is 19.0. The molecule has 0 atom stereocenters. The maximum absolute atomic E-state index is 10.4. The third kappa shape index (κ3) is 8.74. The average Bonchev–Trinajstić information content (AvgIpc) is 2.61. The topological polar surface area (TPSA) is 121 Å². The molecule has 0 bridgehead atoms. The standard InChI is InChI=1S/C8H11N3O2.CH2O3.Na/c1-7(2)3-5-10-6-4-9-8(10)11(12)13;2-1(3)4;/h3-4,6H,5H2,1-2H3;(H2,2,3,4);/q;;+1/p-1. The van der Waals surface area contributed by atoms with Crippen LogP contribution >= 0.6 is 0 Å². The summed E-state index contributed by atoms with van der Waals surface area (Å²) in [5, 5.41) is 25.7. The maximum Gasteiger partial charge on any atom is 1.00 e. The Labute approximate surface area is 125 Å². The predicted octanol–water partition coefficient (Wildman–Crippen LogP) is -2.35. The molecule has 8 nitrogen and oxygen atoms in total. The first-order valence-corrected chi connectivity index (χ1v) is 4.53. The number of carboxylic acid groups (broad SMARTS) is 2. The molecule has 0 spiro atoms. The fourth-order valence-corrected chi connectivity index (χ4v) is 0.897. The van der Waals surface area contributed by atoms with Gasteiger partial charge in [0.25, 0.3) is 0 Å². The molecule has 1 aromatic rings. The van der Waals surface area contributed by atoms with Gasteiger partial charge in [-0.15, -0.1) is 0 Å². The number of nitrogens with zero attached hydrogens (tertiary/aromatic N) is 3. The van der Waals surface area contributed by atoms with Crippen LogP contribution in [0.3, 0.4) is 0 Å². The second kappa shape index (κ2) is 9.63. The van der Waals surface area contributed by atoms with Crippen molar-refractivity contribution in [3.63, 3.8) is 0 Å². The van der Waals surface area contributed by atoms with Crippen LogP contribution in [0.1, 0.15) is 13.8 Å². The van der Waals surface area contributed by atoms with Crippen molar-refractivity contribution in [3.8, 4) is 0 Å². The zero-order chi connectivity index (χ0) is 13.4. The van der Waals surface area contributed by atoms with Gasteiger partial charge in [0.05, 0.1) is 6.54 Å². The van der Waals surface area contributed by atoms with Crippen molar-refractivity contribution in [1.82, 2.24) is 9.55 Å². The summed E-state index contributed by atoms with van der Waals surface area (Å²) in [6.45, 7) is 4.39. The van der Waals surface area contributed by atoms with Crippen LogP contribution in [-0.2, 0) is 6.54 Å². The van der Waals surface area contributed by atoms with Crippen molar-refractivity contribution in [2.75, 3.05) is 0 Å².